The molecule has 0 atom stereocenters. The molecule has 3 N–H and O–H groups in total. The molecular weight excluding hydrogens is 240 g/mol. The molecule has 1 rings (SSSR count). The van der Waals surface area contributed by atoms with Gasteiger partial charge in [0.25, 0.3) is 0 Å². The Kier molecular flexibility index (Phi) is 5.76. The van der Waals surface area contributed by atoms with E-state index in [1.165, 1.54) is 4.88 Å². The van der Waals surface area contributed by atoms with Gasteiger partial charge in [-0.3, -0.25) is 0 Å². The molecule has 0 aromatic carbocycles. The summed E-state index contributed by atoms with van der Waals surface area (Å²) in [6.07, 6.45) is 2.25. The van der Waals surface area contributed by atoms with Gasteiger partial charge in [0.15, 0.2) is 0 Å². The summed E-state index contributed by atoms with van der Waals surface area (Å²) < 4.78 is 0.855. The van der Waals surface area contributed by atoms with E-state index in [-0.39, 0.29) is 5.41 Å². The highest BCUT2D eigenvalue weighted by molar-refractivity contribution is 7.16. The van der Waals surface area contributed by atoms with Gasteiger partial charge in [0.1, 0.15) is 0 Å². The maximum Gasteiger partial charge on any atom is 0.0931 e. The quantitative estimate of drug-likeness (QED) is 0.790. The molecule has 0 amide bonds. The maximum absolute atomic E-state index is 5.88. The average molecular weight is 261 g/mol. The predicted octanol–water partition coefficient (Wildman–Crippen LogP) is 3.26. The molecule has 16 heavy (non-hydrogen) atoms. The number of thiophene rings is 1. The van der Waals surface area contributed by atoms with Crippen LogP contribution < -0.4 is 11.1 Å². The topological polar surface area (TPSA) is 38.0 Å². The van der Waals surface area contributed by atoms with Gasteiger partial charge in [0, 0.05) is 18.0 Å². The van der Waals surface area contributed by atoms with Crippen LogP contribution in [0, 0.1) is 5.41 Å². The summed E-state index contributed by atoms with van der Waals surface area (Å²) in [6.45, 7) is 7.03. The van der Waals surface area contributed by atoms with Crippen molar-refractivity contribution in [2.45, 2.75) is 33.2 Å². The first-order valence-electron chi connectivity index (χ1n) is 5.81. The second kappa shape index (κ2) is 6.60. The Morgan fingerprint density at radius 3 is 2.50 bits per heavy atom. The van der Waals surface area contributed by atoms with Crippen molar-refractivity contribution in [1.82, 2.24) is 5.32 Å². The van der Waals surface area contributed by atoms with Gasteiger partial charge in [-0.15, -0.1) is 11.3 Å². The molecule has 1 aromatic heterocycles. The number of nitrogens with one attached hydrogen (secondary N) is 1. The number of halogens is 1. The largest absolute Gasteiger partial charge is 0.330 e. The van der Waals surface area contributed by atoms with Crippen LogP contribution >= 0.6 is 22.9 Å². The number of nitrogens with two attached hydrogens (primary N) is 1. The Bertz CT molecular complexity index is 299. The van der Waals surface area contributed by atoms with Gasteiger partial charge in [-0.05, 0) is 36.9 Å². The highest BCUT2D eigenvalue weighted by Crippen LogP contribution is 2.25. The fraction of sp³-hybridized carbons (Fsp3) is 0.667. The lowest BCUT2D eigenvalue weighted by atomic mass is 9.82. The van der Waals surface area contributed by atoms with Crippen LogP contribution in [0.5, 0.6) is 0 Å². The minimum absolute atomic E-state index is 0.251. The zero-order chi connectivity index (χ0) is 12.0. The van der Waals surface area contributed by atoms with E-state index in [9.17, 15) is 0 Å². The first-order valence-corrected chi connectivity index (χ1v) is 7.00. The van der Waals surface area contributed by atoms with E-state index >= 15 is 0 Å². The van der Waals surface area contributed by atoms with Gasteiger partial charge >= 0.3 is 0 Å². The van der Waals surface area contributed by atoms with Crippen molar-refractivity contribution >= 4 is 22.9 Å². The van der Waals surface area contributed by atoms with Crippen molar-refractivity contribution in [3.05, 3.63) is 21.3 Å². The third-order valence-electron chi connectivity index (χ3n) is 3.36. The van der Waals surface area contributed by atoms with Gasteiger partial charge in [-0.1, -0.05) is 25.4 Å². The van der Waals surface area contributed by atoms with Crippen LogP contribution in [0.4, 0.5) is 0 Å². The minimum Gasteiger partial charge on any atom is -0.330 e. The van der Waals surface area contributed by atoms with Gasteiger partial charge in [-0.2, -0.15) is 0 Å². The van der Waals surface area contributed by atoms with E-state index in [4.69, 9.17) is 17.3 Å². The molecule has 0 unspecified atom stereocenters. The van der Waals surface area contributed by atoms with E-state index in [0.717, 1.165) is 36.8 Å². The molecule has 0 aliphatic rings. The van der Waals surface area contributed by atoms with Crippen LogP contribution in [0.15, 0.2) is 12.1 Å². The molecular formula is C12H21ClN2S. The number of rotatable bonds is 7. The molecule has 0 aliphatic carbocycles. The van der Waals surface area contributed by atoms with Crippen LogP contribution in [0.3, 0.4) is 0 Å². The SMILES string of the molecule is CCC(CC)(CN)CNCc1ccc(Cl)s1. The molecule has 0 fully saturated rings. The Hall–Kier alpha value is -0.0900. The van der Waals surface area contributed by atoms with Crippen LogP contribution in [0.1, 0.15) is 31.6 Å². The summed E-state index contributed by atoms with van der Waals surface area (Å²) in [7, 11) is 0. The fourth-order valence-electron chi connectivity index (χ4n) is 1.76. The molecule has 1 aromatic rings. The van der Waals surface area contributed by atoms with Gasteiger partial charge in [0.05, 0.1) is 4.34 Å². The van der Waals surface area contributed by atoms with Gasteiger partial charge < -0.3 is 11.1 Å². The second-order valence-electron chi connectivity index (χ2n) is 4.22. The molecule has 92 valence electrons. The zero-order valence-electron chi connectivity index (χ0n) is 10.1. The second-order valence-corrected chi connectivity index (χ2v) is 6.02. The zero-order valence-corrected chi connectivity index (χ0v) is 11.6. The Balaban J connectivity index is 2.39. The van der Waals surface area contributed by atoms with Crippen LogP contribution in [-0.4, -0.2) is 13.1 Å². The van der Waals surface area contributed by atoms with Crippen molar-refractivity contribution in [2.75, 3.05) is 13.1 Å². The van der Waals surface area contributed by atoms with Crippen molar-refractivity contribution in [3.63, 3.8) is 0 Å². The lowest BCUT2D eigenvalue weighted by Gasteiger charge is -2.30. The maximum atomic E-state index is 5.88. The van der Waals surface area contributed by atoms with Crippen molar-refractivity contribution in [2.24, 2.45) is 11.1 Å². The normalized spacial score (nSPS) is 12.0. The third-order valence-corrected chi connectivity index (χ3v) is 4.59. The summed E-state index contributed by atoms with van der Waals surface area (Å²) >= 11 is 7.51. The Morgan fingerprint density at radius 1 is 1.38 bits per heavy atom. The van der Waals surface area contributed by atoms with Crippen molar-refractivity contribution in [3.8, 4) is 0 Å². The first kappa shape index (κ1) is 14.0. The van der Waals surface area contributed by atoms with Crippen LogP contribution in [-0.2, 0) is 6.54 Å². The van der Waals surface area contributed by atoms with E-state index in [2.05, 4.69) is 25.2 Å². The average Bonchev–Trinajstić information content (AvgIpc) is 2.71. The molecule has 0 radical (unpaired) electrons. The summed E-state index contributed by atoms with van der Waals surface area (Å²) in [5.74, 6) is 0. The molecule has 0 saturated carbocycles. The predicted molar refractivity (Wildman–Crippen MR) is 73.1 cm³/mol. The van der Waals surface area contributed by atoms with Gasteiger partial charge in [0.2, 0.25) is 0 Å². The Morgan fingerprint density at radius 2 is 2.06 bits per heavy atom. The van der Waals surface area contributed by atoms with Crippen LogP contribution in [0.25, 0.3) is 0 Å². The van der Waals surface area contributed by atoms with E-state index < -0.39 is 0 Å². The molecule has 0 saturated heterocycles. The molecule has 0 spiro atoms. The monoisotopic (exact) mass is 260 g/mol. The highest BCUT2D eigenvalue weighted by atomic mass is 35.5. The van der Waals surface area contributed by atoms with E-state index in [0.29, 0.717) is 0 Å². The molecule has 2 nitrogen and oxygen atoms in total. The summed E-state index contributed by atoms with van der Waals surface area (Å²) in [4.78, 5) is 1.28. The molecule has 0 aliphatic heterocycles. The third kappa shape index (κ3) is 3.74. The number of hydrogen-bond acceptors (Lipinski definition) is 3. The van der Waals surface area contributed by atoms with Crippen LogP contribution in [0.2, 0.25) is 4.34 Å². The minimum atomic E-state index is 0.251. The van der Waals surface area contributed by atoms with E-state index in [1.54, 1.807) is 11.3 Å². The molecule has 4 heteroatoms. The van der Waals surface area contributed by atoms with E-state index in [1.807, 2.05) is 6.07 Å². The lowest BCUT2D eigenvalue weighted by Crippen LogP contribution is -2.39. The smallest absolute Gasteiger partial charge is 0.0931 e. The van der Waals surface area contributed by atoms with Crippen molar-refractivity contribution in [1.29, 1.82) is 0 Å². The lowest BCUT2D eigenvalue weighted by molar-refractivity contribution is 0.259. The standard InChI is InChI=1S/C12H21ClN2S/c1-3-12(4-2,8-14)9-15-7-10-5-6-11(13)16-10/h5-6,15H,3-4,7-9,14H2,1-2H3. The molecule has 1 heterocycles. The molecule has 0 bridgehead atoms. The Labute approximate surface area is 107 Å². The fourth-order valence-corrected chi connectivity index (χ4v) is 2.82. The number of hydrogen-bond donors (Lipinski definition) is 2. The van der Waals surface area contributed by atoms with Crippen molar-refractivity contribution < 1.29 is 0 Å². The summed E-state index contributed by atoms with van der Waals surface area (Å²) in [6, 6.07) is 4.01. The summed E-state index contributed by atoms with van der Waals surface area (Å²) in [5, 5.41) is 3.48. The first-order chi connectivity index (χ1) is 7.65. The van der Waals surface area contributed by atoms with Gasteiger partial charge in [-0.25, -0.2) is 0 Å². The summed E-state index contributed by atoms with van der Waals surface area (Å²) in [5.41, 5.74) is 6.10. The highest BCUT2D eigenvalue weighted by Gasteiger charge is 2.23.